The monoisotopic (exact) mass is 510 g/mol. The quantitative estimate of drug-likeness (QED) is 0.266. The van der Waals surface area contributed by atoms with Crippen LogP contribution in [0, 0.1) is 30.1 Å². The van der Waals surface area contributed by atoms with Crippen LogP contribution in [-0.4, -0.2) is 35.9 Å². The number of carbonyl (C=O) groups excluding carboxylic acids is 2. The molecule has 0 amide bonds. The number of allylic oxidation sites excluding steroid dienone is 1. The van der Waals surface area contributed by atoms with E-state index in [1.54, 1.807) is 0 Å². The maximum atomic E-state index is 13.1. The molecule has 2 aromatic rings. The fourth-order valence-electron chi connectivity index (χ4n) is 5.61. The van der Waals surface area contributed by atoms with Crippen molar-refractivity contribution in [2.24, 2.45) is 23.2 Å². The van der Waals surface area contributed by atoms with Gasteiger partial charge in [0, 0.05) is 23.8 Å². The lowest BCUT2D eigenvalue weighted by Crippen LogP contribution is -2.40. The van der Waals surface area contributed by atoms with Gasteiger partial charge in [0.1, 0.15) is 18.0 Å². The fourth-order valence-corrected chi connectivity index (χ4v) is 5.61. The van der Waals surface area contributed by atoms with E-state index in [4.69, 9.17) is 13.9 Å². The van der Waals surface area contributed by atoms with E-state index in [1.165, 1.54) is 0 Å². The molecular formula is C31H42O6. The highest BCUT2D eigenvalue weighted by Crippen LogP contribution is 2.50. The molecule has 1 N–H and O–H groups in total. The van der Waals surface area contributed by atoms with Crippen LogP contribution in [0.1, 0.15) is 77.5 Å². The number of aliphatic hydroxyl groups is 1. The number of cyclic esters (lactones) is 1. The van der Waals surface area contributed by atoms with Crippen molar-refractivity contribution in [3.63, 3.8) is 0 Å². The SMILES string of the molecule is Cc1ccc2oc(CC3(C(=O)OC[C@]4(CO)C/C(=C\CC(CC(C)C)CC(C)C)C(=O)O4)CC3)cc2c1. The van der Waals surface area contributed by atoms with Gasteiger partial charge in [0.15, 0.2) is 5.60 Å². The van der Waals surface area contributed by atoms with Crippen LogP contribution in [0.25, 0.3) is 11.0 Å². The predicted octanol–water partition coefficient (Wildman–Crippen LogP) is 6.31. The minimum Gasteiger partial charge on any atom is -0.461 e. The van der Waals surface area contributed by atoms with E-state index < -0.39 is 17.0 Å². The molecule has 2 fully saturated rings. The van der Waals surface area contributed by atoms with Crippen LogP contribution in [0.4, 0.5) is 0 Å². The van der Waals surface area contributed by atoms with Crippen LogP contribution >= 0.6 is 0 Å². The summed E-state index contributed by atoms with van der Waals surface area (Å²) in [4.78, 5) is 25.8. The van der Waals surface area contributed by atoms with Crippen molar-refractivity contribution in [1.29, 1.82) is 0 Å². The number of aryl methyl sites for hydroxylation is 1. The normalized spacial score (nSPS) is 22.0. The molecule has 6 heteroatoms. The number of rotatable bonds is 12. The summed E-state index contributed by atoms with van der Waals surface area (Å²) < 4.78 is 17.3. The van der Waals surface area contributed by atoms with E-state index in [9.17, 15) is 14.7 Å². The van der Waals surface area contributed by atoms with Gasteiger partial charge in [-0.2, -0.15) is 0 Å². The molecule has 4 rings (SSSR count). The molecule has 1 aliphatic heterocycles. The standard InChI is InChI=1S/C31H42O6/c1-20(2)12-23(13-21(3)4)7-8-24-16-31(18-32,37-28(24)33)19-35-29(34)30(10-11-30)17-26-15-25-14-22(5)6-9-27(25)36-26/h6,8-9,14-15,20-21,23,32H,7,10-13,16-19H2,1-5H3/b24-8+/t31-/m1/s1. The fraction of sp³-hybridized carbons (Fsp3) is 0.613. The number of benzene rings is 1. The van der Waals surface area contributed by atoms with Crippen LogP contribution < -0.4 is 0 Å². The van der Waals surface area contributed by atoms with Gasteiger partial charge in [0.2, 0.25) is 0 Å². The summed E-state index contributed by atoms with van der Waals surface area (Å²) in [5, 5.41) is 11.2. The molecule has 0 bridgehead atoms. The molecule has 2 heterocycles. The van der Waals surface area contributed by atoms with Crippen molar-refractivity contribution in [3.05, 3.63) is 47.2 Å². The third-order valence-electron chi connectivity index (χ3n) is 7.67. The molecule has 6 nitrogen and oxygen atoms in total. The first-order chi connectivity index (χ1) is 17.5. The smallest absolute Gasteiger partial charge is 0.334 e. The maximum Gasteiger partial charge on any atom is 0.334 e. The molecule has 0 unspecified atom stereocenters. The number of aliphatic hydroxyl groups excluding tert-OH is 1. The van der Waals surface area contributed by atoms with Gasteiger partial charge in [0.05, 0.1) is 12.0 Å². The van der Waals surface area contributed by atoms with Crippen molar-refractivity contribution in [2.45, 2.75) is 85.2 Å². The second-order valence-electron chi connectivity index (χ2n) is 12.3. The number of hydrogen-bond acceptors (Lipinski definition) is 6. The summed E-state index contributed by atoms with van der Waals surface area (Å²) in [6.07, 6.45) is 7.17. The topological polar surface area (TPSA) is 86.0 Å². The first-order valence-corrected chi connectivity index (χ1v) is 13.7. The van der Waals surface area contributed by atoms with E-state index >= 15 is 0 Å². The zero-order valence-corrected chi connectivity index (χ0v) is 23.0. The Labute approximate surface area is 220 Å². The van der Waals surface area contributed by atoms with E-state index in [-0.39, 0.29) is 25.6 Å². The molecule has 37 heavy (non-hydrogen) atoms. The highest BCUT2D eigenvalue weighted by Gasteiger charge is 2.53. The summed E-state index contributed by atoms with van der Waals surface area (Å²) >= 11 is 0. The second-order valence-corrected chi connectivity index (χ2v) is 12.3. The van der Waals surface area contributed by atoms with E-state index in [1.807, 2.05) is 31.2 Å². The lowest BCUT2D eigenvalue weighted by atomic mass is 9.86. The number of ether oxygens (including phenoxy) is 2. The van der Waals surface area contributed by atoms with Gasteiger partial charge < -0.3 is 19.0 Å². The molecule has 1 saturated heterocycles. The molecule has 1 aromatic heterocycles. The molecular weight excluding hydrogens is 468 g/mol. The zero-order valence-electron chi connectivity index (χ0n) is 23.0. The number of esters is 2. The van der Waals surface area contributed by atoms with Crippen molar-refractivity contribution >= 4 is 22.9 Å². The molecule has 0 radical (unpaired) electrons. The molecule has 1 saturated carbocycles. The first kappa shape index (κ1) is 27.4. The van der Waals surface area contributed by atoms with Crippen LogP contribution in [0.5, 0.6) is 0 Å². The first-order valence-electron chi connectivity index (χ1n) is 13.7. The van der Waals surface area contributed by atoms with Gasteiger partial charge in [-0.05, 0) is 75.0 Å². The minimum atomic E-state index is -1.21. The summed E-state index contributed by atoms with van der Waals surface area (Å²) in [6, 6.07) is 8.02. The van der Waals surface area contributed by atoms with E-state index in [2.05, 4.69) is 33.8 Å². The zero-order chi connectivity index (χ0) is 26.8. The minimum absolute atomic E-state index is 0.145. The molecule has 1 aromatic carbocycles. The van der Waals surface area contributed by atoms with Crippen molar-refractivity contribution in [2.75, 3.05) is 13.2 Å². The van der Waals surface area contributed by atoms with Crippen LogP contribution in [0.3, 0.4) is 0 Å². The highest BCUT2D eigenvalue weighted by molar-refractivity contribution is 5.91. The Kier molecular flexibility index (Phi) is 8.17. The number of furan rings is 1. The van der Waals surface area contributed by atoms with Crippen LogP contribution in [0.2, 0.25) is 0 Å². The average Bonchev–Trinajstić information content (AvgIpc) is 3.38. The van der Waals surface area contributed by atoms with Crippen molar-refractivity contribution in [3.8, 4) is 0 Å². The van der Waals surface area contributed by atoms with Gasteiger partial charge in [-0.1, -0.05) is 45.4 Å². The largest absolute Gasteiger partial charge is 0.461 e. The number of hydrogen-bond donors (Lipinski definition) is 1. The molecule has 1 aliphatic carbocycles. The third kappa shape index (κ3) is 6.64. The summed E-state index contributed by atoms with van der Waals surface area (Å²) in [5.74, 6) is 1.70. The Morgan fingerprint density at radius 3 is 2.46 bits per heavy atom. The number of fused-ring (bicyclic) bond motifs is 1. The second kappa shape index (κ2) is 11.0. The Morgan fingerprint density at radius 2 is 1.84 bits per heavy atom. The van der Waals surface area contributed by atoms with Crippen molar-refractivity contribution < 1.29 is 28.6 Å². The molecule has 202 valence electrons. The Hall–Kier alpha value is -2.60. The van der Waals surface area contributed by atoms with Crippen LogP contribution in [0.15, 0.2) is 40.3 Å². The van der Waals surface area contributed by atoms with Gasteiger partial charge >= 0.3 is 11.9 Å². The molecule has 1 atom stereocenters. The Balaban J connectivity index is 1.37. The summed E-state index contributed by atoms with van der Waals surface area (Å²) in [5.41, 5.74) is 0.718. The Bertz CT molecular complexity index is 1140. The van der Waals surface area contributed by atoms with Gasteiger partial charge in [-0.25, -0.2) is 4.79 Å². The molecule has 0 spiro atoms. The van der Waals surface area contributed by atoms with Crippen LogP contribution in [-0.2, 0) is 25.5 Å². The third-order valence-corrected chi connectivity index (χ3v) is 7.67. The average molecular weight is 511 g/mol. The maximum absolute atomic E-state index is 13.1. The summed E-state index contributed by atoms with van der Waals surface area (Å²) in [7, 11) is 0. The lowest BCUT2D eigenvalue weighted by Gasteiger charge is -2.25. The summed E-state index contributed by atoms with van der Waals surface area (Å²) in [6.45, 7) is 10.4. The molecule has 2 aliphatic rings. The van der Waals surface area contributed by atoms with Gasteiger partial charge in [0.25, 0.3) is 0 Å². The van der Waals surface area contributed by atoms with Gasteiger partial charge in [-0.15, -0.1) is 0 Å². The van der Waals surface area contributed by atoms with Crippen molar-refractivity contribution in [1.82, 2.24) is 0 Å². The predicted molar refractivity (Wildman–Crippen MR) is 143 cm³/mol. The van der Waals surface area contributed by atoms with E-state index in [0.717, 1.165) is 54.4 Å². The van der Waals surface area contributed by atoms with Gasteiger partial charge in [-0.3, -0.25) is 4.79 Å². The number of carbonyl (C=O) groups is 2. The highest BCUT2D eigenvalue weighted by atomic mass is 16.6. The lowest BCUT2D eigenvalue weighted by molar-refractivity contribution is -0.169. The van der Waals surface area contributed by atoms with E-state index in [0.29, 0.717) is 29.7 Å². The Morgan fingerprint density at radius 1 is 1.14 bits per heavy atom.